The first kappa shape index (κ1) is 19.0. The van der Waals surface area contributed by atoms with E-state index in [1.54, 1.807) is 24.0 Å². The number of imidazole rings is 1. The van der Waals surface area contributed by atoms with E-state index in [1.807, 2.05) is 32.9 Å². The van der Waals surface area contributed by atoms with Gasteiger partial charge in [0.1, 0.15) is 11.7 Å². The Balaban J connectivity index is 1.66. The van der Waals surface area contributed by atoms with Crippen molar-refractivity contribution in [1.29, 1.82) is 0 Å². The van der Waals surface area contributed by atoms with Crippen LogP contribution in [0.25, 0.3) is 0 Å². The molecule has 0 spiro atoms. The summed E-state index contributed by atoms with van der Waals surface area (Å²) in [6.45, 7) is 6.26. The fraction of sp³-hybridized carbons (Fsp3) is 0.429. The van der Waals surface area contributed by atoms with Crippen molar-refractivity contribution in [1.82, 2.24) is 14.9 Å². The molecule has 6 nitrogen and oxygen atoms in total. The molecule has 2 aromatic rings. The lowest BCUT2D eigenvalue weighted by Crippen LogP contribution is -2.29. The van der Waals surface area contributed by atoms with Gasteiger partial charge < -0.3 is 9.88 Å². The number of benzene rings is 1. The lowest BCUT2D eigenvalue weighted by atomic mass is 9.86. The van der Waals surface area contributed by atoms with Crippen molar-refractivity contribution in [2.45, 2.75) is 39.5 Å². The summed E-state index contributed by atoms with van der Waals surface area (Å²) in [4.78, 5) is 41.6. The number of amides is 1. The van der Waals surface area contributed by atoms with Crippen LogP contribution in [0, 0.1) is 26.7 Å². The zero-order valence-corrected chi connectivity index (χ0v) is 16.2. The molecule has 27 heavy (non-hydrogen) atoms. The average molecular weight is 367 g/mol. The Labute approximate surface area is 159 Å². The van der Waals surface area contributed by atoms with Crippen molar-refractivity contribution in [2.75, 3.05) is 6.54 Å². The molecule has 1 heterocycles. The summed E-state index contributed by atoms with van der Waals surface area (Å²) >= 11 is 0. The summed E-state index contributed by atoms with van der Waals surface area (Å²) in [6.07, 6.45) is 3.96. The largest absolute Gasteiger partial charge is 0.349 e. The normalized spacial score (nSPS) is 19.6. The number of aromatic nitrogens is 2. The molecular formula is C21H25N3O3. The molecule has 142 valence electrons. The SMILES string of the molecule is Cc1cc(C)c(C2C(=O)CC(CCNC(=O)c3nccn3C)C2=O)c(C)c1. The van der Waals surface area contributed by atoms with Gasteiger partial charge in [-0.15, -0.1) is 0 Å². The van der Waals surface area contributed by atoms with Crippen LogP contribution in [0.1, 0.15) is 51.6 Å². The van der Waals surface area contributed by atoms with Gasteiger partial charge in [-0.05, 0) is 43.9 Å². The van der Waals surface area contributed by atoms with E-state index >= 15 is 0 Å². The summed E-state index contributed by atoms with van der Waals surface area (Å²) in [5.74, 6) is -1.00. The minimum absolute atomic E-state index is 0.0181. The second-order valence-electron chi connectivity index (χ2n) is 7.42. The Morgan fingerprint density at radius 2 is 1.89 bits per heavy atom. The number of rotatable bonds is 5. The van der Waals surface area contributed by atoms with Gasteiger partial charge in [0.15, 0.2) is 11.6 Å². The lowest BCUT2D eigenvalue weighted by Gasteiger charge is -2.16. The predicted molar refractivity (Wildman–Crippen MR) is 102 cm³/mol. The number of hydrogen-bond donors (Lipinski definition) is 1. The number of Topliss-reactive ketones (excluding diaryl/α,β-unsaturated/α-hetero) is 2. The highest BCUT2D eigenvalue weighted by Gasteiger charge is 2.42. The van der Waals surface area contributed by atoms with E-state index in [2.05, 4.69) is 10.3 Å². The minimum Gasteiger partial charge on any atom is -0.349 e. The molecule has 1 aromatic heterocycles. The van der Waals surface area contributed by atoms with Gasteiger partial charge in [0, 0.05) is 38.3 Å². The highest BCUT2D eigenvalue weighted by atomic mass is 16.2. The van der Waals surface area contributed by atoms with Crippen LogP contribution < -0.4 is 5.32 Å². The molecule has 2 atom stereocenters. The van der Waals surface area contributed by atoms with Crippen LogP contribution >= 0.6 is 0 Å². The van der Waals surface area contributed by atoms with Gasteiger partial charge in [0.2, 0.25) is 0 Å². The van der Waals surface area contributed by atoms with Crippen molar-refractivity contribution in [2.24, 2.45) is 13.0 Å². The second-order valence-corrected chi connectivity index (χ2v) is 7.42. The number of hydrogen-bond acceptors (Lipinski definition) is 4. The third-order valence-electron chi connectivity index (χ3n) is 5.29. The number of nitrogens with zero attached hydrogens (tertiary/aromatic N) is 2. The standard InChI is InChI=1S/C21H25N3O3/c1-12-9-13(2)17(14(3)10-12)18-16(25)11-15(19(18)26)5-6-23-21(27)20-22-7-8-24(20)4/h7-10,15,18H,5-6,11H2,1-4H3,(H,23,27). The van der Waals surface area contributed by atoms with Crippen LogP contribution in [0.4, 0.5) is 0 Å². The smallest absolute Gasteiger partial charge is 0.287 e. The van der Waals surface area contributed by atoms with Gasteiger partial charge >= 0.3 is 0 Å². The fourth-order valence-electron chi connectivity index (χ4n) is 4.07. The Morgan fingerprint density at radius 3 is 2.48 bits per heavy atom. The van der Waals surface area contributed by atoms with Crippen molar-refractivity contribution in [3.8, 4) is 0 Å². The topological polar surface area (TPSA) is 81.1 Å². The molecule has 1 fully saturated rings. The molecule has 6 heteroatoms. The molecule has 0 saturated heterocycles. The van der Waals surface area contributed by atoms with Crippen LogP contribution in [-0.2, 0) is 16.6 Å². The van der Waals surface area contributed by atoms with E-state index in [1.165, 1.54) is 0 Å². The molecule has 1 aliphatic carbocycles. The molecule has 0 radical (unpaired) electrons. The monoisotopic (exact) mass is 367 g/mol. The van der Waals surface area contributed by atoms with Crippen molar-refractivity contribution < 1.29 is 14.4 Å². The number of ketones is 2. The van der Waals surface area contributed by atoms with Crippen LogP contribution in [0.3, 0.4) is 0 Å². The number of carbonyl (C=O) groups excluding carboxylic acids is 3. The third kappa shape index (κ3) is 3.70. The van der Waals surface area contributed by atoms with Gasteiger partial charge in [-0.1, -0.05) is 17.7 Å². The van der Waals surface area contributed by atoms with E-state index in [0.29, 0.717) is 18.8 Å². The van der Waals surface area contributed by atoms with Crippen LogP contribution in [0.5, 0.6) is 0 Å². The van der Waals surface area contributed by atoms with Crippen molar-refractivity contribution >= 4 is 17.5 Å². The first-order valence-corrected chi connectivity index (χ1v) is 9.19. The molecule has 2 unspecified atom stereocenters. The predicted octanol–water partition coefficient (Wildman–Crippen LogP) is 2.41. The van der Waals surface area contributed by atoms with Crippen LogP contribution in [0.15, 0.2) is 24.5 Å². The van der Waals surface area contributed by atoms with Crippen LogP contribution in [-0.4, -0.2) is 33.6 Å². The lowest BCUT2D eigenvalue weighted by molar-refractivity contribution is -0.124. The zero-order chi connectivity index (χ0) is 19.7. The quantitative estimate of drug-likeness (QED) is 0.823. The van der Waals surface area contributed by atoms with E-state index in [0.717, 1.165) is 22.3 Å². The van der Waals surface area contributed by atoms with Gasteiger partial charge in [-0.3, -0.25) is 14.4 Å². The van der Waals surface area contributed by atoms with E-state index in [9.17, 15) is 14.4 Å². The molecule has 1 aliphatic rings. The van der Waals surface area contributed by atoms with E-state index in [-0.39, 0.29) is 29.8 Å². The third-order valence-corrected chi connectivity index (χ3v) is 5.29. The Kier molecular flexibility index (Phi) is 5.26. The fourth-order valence-corrected chi connectivity index (χ4v) is 4.07. The molecule has 1 N–H and O–H groups in total. The molecule has 0 aliphatic heterocycles. The number of nitrogens with one attached hydrogen (secondary N) is 1. The average Bonchev–Trinajstić information content (AvgIpc) is 3.12. The molecule has 1 saturated carbocycles. The first-order valence-electron chi connectivity index (χ1n) is 9.19. The van der Waals surface area contributed by atoms with Gasteiger partial charge in [-0.25, -0.2) is 4.98 Å². The maximum atomic E-state index is 12.9. The van der Waals surface area contributed by atoms with Crippen molar-refractivity contribution in [3.05, 3.63) is 52.6 Å². The van der Waals surface area contributed by atoms with Gasteiger partial charge in [0.25, 0.3) is 5.91 Å². The van der Waals surface area contributed by atoms with E-state index in [4.69, 9.17) is 0 Å². The second kappa shape index (κ2) is 7.47. The highest BCUT2D eigenvalue weighted by molar-refractivity contribution is 6.15. The van der Waals surface area contributed by atoms with Crippen molar-refractivity contribution in [3.63, 3.8) is 0 Å². The summed E-state index contributed by atoms with van der Waals surface area (Å²) < 4.78 is 1.64. The summed E-state index contributed by atoms with van der Waals surface area (Å²) in [6, 6.07) is 4.03. The number of aryl methyl sites for hydroxylation is 4. The maximum absolute atomic E-state index is 12.9. The Bertz CT molecular complexity index is 890. The summed E-state index contributed by atoms with van der Waals surface area (Å²) in [5, 5.41) is 2.79. The molecule has 1 amide bonds. The minimum atomic E-state index is -0.666. The van der Waals surface area contributed by atoms with Crippen LogP contribution in [0.2, 0.25) is 0 Å². The first-order chi connectivity index (χ1) is 12.8. The summed E-state index contributed by atoms with van der Waals surface area (Å²) in [7, 11) is 1.75. The Morgan fingerprint density at radius 1 is 1.22 bits per heavy atom. The van der Waals surface area contributed by atoms with Gasteiger partial charge in [0.05, 0.1) is 0 Å². The molecule has 3 rings (SSSR count). The van der Waals surface area contributed by atoms with E-state index < -0.39 is 5.92 Å². The van der Waals surface area contributed by atoms with Gasteiger partial charge in [-0.2, -0.15) is 0 Å². The highest BCUT2D eigenvalue weighted by Crippen LogP contribution is 2.37. The molecule has 1 aromatic carbocycles. The Hall–Kier alpha value is -2.76. The number of carbonyl (C=O) groups is 3. The molecular weight excluding hydrogens is 342 g/mol. The summed E-state index contributed by atoms with van der Waals surface area (Å²) in [5.41, 5.74) is 3.96. The molecule has 0 bridgehead atoms. The zero-order valence-electron chi connectivity index (χ0n) is 16.2. The maximum Gasteiger partial charge on any atom is 0.287 e.